The molecule has 0 saturated heterocycles. The van der Waals surface area contributed by atoms with E-state index in [2.05, 4.69) is 54.2 Å². The highest BCUT2D eigenvalue weighted by molar-refractivity contribution is 5.83. The van der Waals surface area contributed by atoms with Crippen molar-refractivity contribution in [3.05, 3.63) is 65.9 Å². The van der Waals surface area contributed by atoms with E-state index in [9.17, 15) is 0 Å². The van der Waals surface area contributed by atoms with Crippen molar-refractivity contribution in [2.75, 3.05) is 7.11 Å². The van der Waals surface area contributed by atoms with Crippen molar-refractivity contribution in [2.24, 2.45) is 7.05 Å². The third-order valence-corrected chi connectivity index (χ3v) is 3.53. The van der Waals surface area contributed by atoms with Crippen molar-refractivity contribution < 1.29 is 4.74 Å². The Balaban J connectivity index is 1.98. The fourth-order valence-electron chi connectivity index (χ4n) is 2.55. The van der Waals surface area contributed by atoms with Gasteiger partial charge in [0.25, 0.3) is 0 Å². The third kappa shape index (κ3) is 2.22. The van der Waals surface area contributed by atoms with Crippen LogP contribution in [-0.4, -0.2) is 11.7 Å². The summed E-state index contributed by atoms with van der Waals surface area (Å²) >= 11 is 0. The fraction of sp³-hybridized carbons (Fsp3) is 0.176. The summed E-state index contributed by atoms with van der Waals surface area (Å²) in [6, 6.07) is 16.9. The molecule has 0 spiro atoms. The topological polar surface area (TPSA) is 14.2 Å². The Morgan fingerprint density at radius 1 is 1.00 bits per heavy atom. The van der Waals surface area contributed by atoms with E-state index in [4.69, 9.17) is 4.74 Å². The van der Waals surface area contributed by atoms with Crippen LogP contribution in [0.5, 0.6) is 5.75 Å². The average molecular weight is 251 g/mol. The minimum Gasteiger partial charge on any atom is -0.497 e. The van der Waals surface area contributed by atoms with E-state index in [-0.39, 0.29) is 0 Å². The standard InChI is InChI=1S/C17H17NO/c1-18-11-10-14-4-3-5-15(17(14)18)12-13-6-8-16(19-2)9-7-13/h3-11H,12H2,1-2H3. The van der Waals surface area contributed by atoms with Gasteiger partial charge in [0.05, 0.1) is 12.6 Å². The van der Waals surface area contributed by atoms with Crippen molar-refractivity contribution in [2.45, 2.75) is 6.42 Å². The Morgan fingerprint density at radius 3 is 2.53 bits per heavy atom. The average Bonchev–Trinajstić information content (AvgIpc) is 2.83. The summed E-state index contributed by atoms with van der Waals surface area (Å²) in [6.45, 7) is 0. The van der Waals surface area contributed by atoms with Crippen molar-refractivity contribution in [3.63, 3.8) is 0 Å². The van der Waals surface area contributed by atoms with Gasteiger partial charge in [-0.15, -0.1) is 0 Å². The summed E-state index contributed by atoms with van der Waals surface area (Å²) in [7, 11) is 3.79. The van der Waals surface area contributed by atoms with Gasteiger partial charge >= 0.3 is 0 Å². The zero-order valence-corrected chi connectivity index (χ0v) is 11.3. The maximum Gasteiger partial charge on any atom is 0.118 e. The Kier molecular flexibility index (Phi) is 3.00. The van der Waals surface area contributed by atoms with Crippen molar-refractivity contribution >= 4 is 10.9 Å². The summed E-state index contributed by atoms with van der Waals surface area (Å²) in [6.07, 6.45) is 3.06. The number of aromatic nitrogens is 1. The highest BCUT2D eigenvalue weighted by Gasteiger charge is 2.05. The molecule has 19 heavy (non-hydrogen) atoms. The second kappa shape index (κ2) is 4.81. The molecule has 0 saturated carbocycles. The highest BCUT2D eigenvalue weighted by Crippen LogP contribution is 2.22. The molecule has 0 fully saturated rings. The summed E-state index contributed by atoms with van der Waals surface area (Å²) < 4.78 is 7.38. The number of hydrogen-bond acceptors (Lipinski definition) is 1. The number of rotatable bonds is 3. The number of ether oxygens (including phenoxy) is 1. The first-order valence-electron chi connectivity index (χ1n) is 6.44. The number of hydrogen-bond donors (Lipinski definition) is 0. The molecule has 96 valence electrons. The van der Waals surface area contributed by atoms with Crippen LogP contribution in [0, 0.1) is 0 Å². The quantitative estimate of drug-likeness (QED) is 0.691. The molecule has 0 aliphatic rings. The van der Waals surface area contributed by atoms with Crippen molar-refractivity contribution in [3.8, 4) is 5.75 Å². The number of para-hydroxylation sites is 1. The van der Waals surface area contributed by atoms with Gasteiger partial charge < -0.3 is 9.30 Å². The first-order chi connectivity index (χ1) is 9.28. The van der Waals surface area contributed by atoms with Crippen LogP contribution in [-0.2, 0) is 13.5 Å². The van der Waals surface area contributed by atoms with Crippen LogP contribution < -0.4 is 4.74 Å². The van der Waals surface area contributed by atoms with Crippen LogP contribution in [0.15, 0.2) is 54.7 Å². The Hall–Kier alpha value is -2.22. The number of aryl methyl sites for hydroxylation is 1. The second-order valence-electron chi connectivity index (χ2n) is 4.81. The Morgan fingerprint density at radius 2 is 1.79 bits per heavy atom. The van der Waals surface area contributed by atoms with Gasteiger partial charge in [0.1, 0.15) is 5.75 Å². The maximum atomic E-state index is 5.19. The van der Waals surface area contributed by atoms with Gasteiger partial charge in [-0.1, -0.05) is 30.3 Å². The molecular formula is C17H17NO. The van der Waals surface area contributed by atoms with Gasteiger partial charge in [-0.3, -0.25) is 0 Å². The van der Waals surface area contributed by atoms with E-state index >= 15 is 0 Å². The van der Waals surface area contributed by atoms with Crippen molar-refractivity contribution in [1.82, 2.24) is 4.57 Å². The molecule has 0 amide bonds. The van der Waals surface area contributed by atoms with Gasteiger partial charge in [0.2, 0.25) is 0 Å². The molecule has 1 heterocycles. The molecule has 0 aliphatic carbocycles. The van der Waals surface area contributed by atoms with Crippen LogP contribution in [0.2, 0.25) is 0 Å². The predicted molar refractivity (Wildman–Crippen MR) is 78.7 cm³/mol. The SMILES string of the molecule is COc1ccc(Cc2cccc3ccn(C)c23)cc1. The van der Waals surface area contributed by atoms with E-state index in [1.165, 1.54) is 22.0 Å². The highest BCUT2D eigenvalue weighted by atomic mass is 16.5. The van der Waals surface area contributed by atoms with Gasteiger partial charge in [-0.25, -0.2) is 0 Å². The van der Waals surface area contributed by atoms with Crippen LogP contribution in [0.25, 0.3) is 10.9 Å². The normalized spacial score (nSPS) is 10.8. The Bertz CT molecular complexity index is 695. The summed E-state index contributed by atoms with van der Waals surface area (Å²) in [5.74, 6) is 0.904. The van der Waals surface area contributed by atoms with Gasteiger partial charge in [-0.05, 0) is 41.1 Å². The zero-order chi connectivity index (χ0) is 13.2. The lowest BCUT2D eigenvalue weighted by molar-refractivity contribution is 0.414. The molecule has 0 aliphatic heterocycles. The molecule has 0 atom stereocenters. The zero-order valence-electron chi connectivity index (χ0n) is 11.3. The maximum absolute atomic E-state index is 5.19. The van der Waals surface area contributed by atoms with E-state index in [0.717, 1.165) is 12.2 Å². The molecular weight excluding hydrogens is 234 g/mol. The number of methoxy groups -OCH3 is 1. The molecule has 2 nitrogen and oxygen atoms in total. The molecule has 0 N–H and O–H groups in total. The number of nitrogens with zero attached hydrogens (tertiary/aromatic N) is 1. The number of benzene rings is 2. The first kappa shape index (κ1) is 11.8. The second-order valence-corrected chi connectivity index (χ2v) is 4.81. The molecule has 0 bridgehead atoms. The van der Waals surface area contributed by atoms with Gasteiger partial charge in [-0.2, -0.15) is 0 Å². The van der Waals surface area contributed by atoms with E-state index in [0.29, 0.717) is 0 Å². The van der Waals surface area contributed by atoms with Gasteiger partial charge in [0.15, 0.2) is 0 Å². The lowest BCUT2D eigenvalue weighted by Gasteiger charge is -2.07. The lowest BCUT2D eigenvalue weighted by atomic mass is 10.0. The molecule has 3 rings (SSSR count). The Labute approximate surface area is 113 Å². The predicted octanol–water partition coefficient (Wildman–Crippen LogP) is 3.78. The third-order valence-electron chi connectivity index (χ3n) is 3.53. The largest absolute Gasteiger partial charge is 0.497 e. The summed E-state index contributed by atoms with van der Waals surface area (Å²) in [5.41, 5.74) is 3.97. The van der Waals surface area contributed by atoms with Crippen LogP contribution in [0.1, 0.15) is 11.1 Å². The molecule has 0 radical (unpaired) electrons. The van der Waals surface area contributed by atoms with E-state index in [1.54, 1.807) is 7.11 Å². The number of fused-ring (bicyclic) bond motifs is 1. The van der Waals surface area contributed by atoms with Crippen LogP contribution in [0.4, 0.5) is 0 Å². The smallest absolute Gasteiger partial charge is 0.118 e. The van der Waals surface area contributed by atoms with Crippen LogP contribution in [0.3, 0.4) is 0 Å². The van der Waals surface area contributed by atoms with E-state index in [1.807, 2.05) is 12.1 Å². The molecule has 2 aromatic carbocycles. The fourth-order valence-corrected chi connectivity index (χ4v) is 2.55. The summed E-state index contributed by atoms with van der Waals surface area (Å²) in [5, 5.41) is 1.30. The monoisotopic (exact) mass is 251 g/mol. The van der Waals surface area contributed by atoms with E-state index < -0.39 is 0 Å². The lowest BCUT2D eigenvalue weighted by Crippen LogP contribution is -1.94. The molecule has 2 heteroatoms. The van der Waals surface area contributed by atoms with Crippen LogP contribution >= 0.6 is 0 Å². The minimum absolute atomic E-state index is 0.904. The first-order valence-corrected chi connectivity index (χ1v) is 6.44. The summed E-state index contributed by atoms with van der Waals surface area (Å²) in [4.78, 5) is 0. The minimum atomic E-state index is 0.904. The van der Waals surface area contributed by atoms with Gasteiger partial charge in [0, 0.05) is 13.2 Å². The molecule has 3 aromatic rings. The molecule has 1 aromatic heterocycles. The van der Waals surface area contributed by atoms with Crippen molar-refractivity contribution in [1.29, 1.82) is 0 Å². The molecule has 0 unspecified atom stereocenters.